The summed E-state index contributed by atoms with van der Waals surface area (Å²) in [5.74, 6) is -0.325. The van der Waals surface area contributed by atoms with E-state index in [2.05, 4.69) is 10.1 Å². The Kier molecular flexibility index (Phi) is 5.72. The normalized spacial score (nSPS) is 10.8. The maximum Gasteiger partial charge on any atom is 0.418 e. The highest BCUT2D eigenvalue weighted by molar-refractivity contribution is 5.92. The molecule has 0 aliphatic carbocycles. The van der Waals surface area contributed by atoms with E-state index in [1.54, 1.807) is 12.1 Å². The van der Waals surface area contributed by atoms with Crippen LogP contribution in [0.3, 0.4) is 0 Å². The van der Waals surface area contributed by atoms with Crippen LogP contribution in [0.15, 0.2) is 36.4 Å². The van der Waals surface area contributed by atoms with Crippen molar-refractivity contribution in [1.82, 2.24) is 0 Å². The molecule has 26 heavy (non-hydrogen) atoms. The zero-order valence-corrected chi connectivity index (χ0v) is 14.0. The van der Waals surface area contributed by atoms with Gasteiger partial charge in [-0.3, -0.25) is 0 Å². The zero-order valence-electron chi connectivity index (χ0n) is 14.0. The number of halogens is 3. The molecule has 0 atom stereocenters. The van der Waals surface area contributed by atoms with Gasteiger partial charge in [0, 0.05) is 12.2 Å². The van der Waals surface area contributed by atoms with E-state index >= 15 is 0 Å². The number of methoxy groups -OCH3 is 2. The summed E-state index contributed by atoms with van der Waals surface area (Å²) in [5, 5.41) is 11.6. The molecular weight excluding hydrogens is 349 g/mol. The van der Waals surface area contributed by atoms with E-state index in [-0.39, 0.29) is 23.4 Å². The van der Waals surface area contributed by atoms with Crippen LogP contribution >= 0.6 is 0 Å². The second-order valence-electron chi connectivity index (χ2n) is 5.25. The molecule has 0 amide bonds. The van der Waals surface area contributed by atoms with E-state index in [9.17, 15) is 18.0 Å². The maximum atomic E-state index is 13.1. The number of ether oxygens (including phenoxy) is 2. The fourth-order valence-corrected chi connectivity index (χ4v) is 2.34. The van der Waals surface area contributed by atoms with Crippen molar-refractivity contribution in [3.05, 3.63) is 58.7 Å². The van der Waals surface area contributed by atoms with Crippen molar-refractivity contribution >= 4 is 11.7 Å². The predicted molar refractivity (Wildman–Crippen MR) is 87.8 cm³/mol. The van der Waals surface area contributed by atoms with Crippen LogP contribution in [0.1, 0.15) is 27.0 Å². The van der Waals surface area contributed by atoms with Crippen molar-refractivity contribution in [2.45, 2.75) is 12.7 Å². The number of benzene rings is 2. The van der Waals surface area contributed by atoms with Crippen LogP contribution in [0.25, 0.3) is 0 Å². The SMILES string of the molecule is COC(=O)c1cc(CNc2cc(C#N)ccc2C(F)(F)F)ccc1OC. The van der Waals surface area contributed by atoms with E-state index in [1.807, 2.05) is 0 Å². The third-order valence-electron chi connectivity index (χ3n) is 3.61. The Hall–Kier alpha value is -3.21. The fraction of sp³-hybridized carbons (Fsp3) is 0.222. The lowest BCUT2D eigenvalue weighted by Crippen LogP contribution is -2.12. The first-order chi connectivity index (χ1) is 12.3. The van der Waals surface area contributed by atoms with Gasteiger partial charge in [-0.15, -0.1) is 0 Å². The van der Waals surface area contributed by atoms with E-state index in [4.69, 9.17) is 10.00 Å². The number of hydrogen-bond donors (Lipinski definition) is 1. The Morgan fingerprint density at radius 2 is 1.92 bits per heavy atom. The fourth-order valence-electron chi connectivity index (χ4n) is 2.34. The molecule has 0 spiro atoms. The molecule has 8 heteroatoms. The molecule has 136 valence electrons. The average molecular weight is 364 g/mol. The second-order valence-corrected chi connectivity index (χ2v) is 5.25. The number of anilines is 1. The smallest absolute Gasteiger partial charge is 0.418 e. The Labute approximate surface area is 148 Å². The van der Waals surface area contributed by atoms with Gasteiger partial charge < -0.3 is 14.8 Å². The lowest BCUT2D eigenvalue weighted by Gasteiger charge is -2.15. The summed E-state index contributed by atoms with van der Waals surface area (Å²) < 4.78 is 49.1. The van der Waals surface area contributed by atoms with Crippen molar-refractivity contribution in [2.75, 3.05) is 19.5 Å². The van der Waals surface area contributed by atoms with Crippen molar-refractivity contribution < 1.29 is 27.4 Å². The van der Waals surface area contributed by atoms with E-state index in [0.29, 0.717) is 11.3 Å². The first kappa shape index (κ1) is 19.1. The molecule has 0 aliphatic rings. The Morgan fingerprint density at radius 1 is 1.19 bits per heavy atom. The van der Waals surface area contributed by atoms with Gasteiger partial charge in [0.05, 0.1) is 31.4 Å². The molecule has 1 N–H and O–H groups in total. The maximum absolute atomic E-state index is 13.1. The number of hydrogen-bond acceptors (Lipinski definition) is 5. The first-order valence-corrected chi connectivity index (χ1v) is 7.40. The minimum Gasteiger partial charge on any atom is -0.496 e. The number of nitrogens with zero attached hydrogens (tertiary/aromatic N) is 1. The summed E-state index contributed by atoms with van der Waals surface area (Å²) in [4.78, 5) is 11.8. The predicted octanol–water partition coefficient (Wildman–Crippen LogP) is 3.98. The first-order valence-electron chi connectivity index (χ1n) is 7.40. The lowest BCUT2D eigenvalue weighted by molar-refractivity contribution is -0.137. The number of rotatable bonds is 5. The molecule has 2 rings (SSSR count). The minimum atomic E-state index is -4.56. The highest BCUT2D eigenvalue weighted by atomic mass is 19.4. The van der Waals surface area contributed by atoms with Gasteiger partial charge in [0.2, 0.25) is 0 Å². The summed E-state index contributed by atoms with van der Waals surface area (Å²) in [7, 11) is 2.61. The van der Waals surface area contributed by atoms with Gasteiger partial charge in [0.15, 0.2) is 0 Å². The molecule has 0 bridgehead atoms. The van der Waals surface area contributed by atoms with E-state index < -0.39 is 17.7 Å². The number of alkyl halides is 3. The lowest BCUT2D eigenvalue weighted by atomic mass is 10.1. The molecule has 0 saturated carbocycles. The highest BCUT2D eigenvalue weighted by Gasteiger charge is 2.33. The Balaban J connectivity index is 2.32. The molecule has 0 fully saturated rings. The van der Waals surface area contributed by atoms with Crippen LogP contribution in [0.5, 0.6) is 5.75 Å². The highest BCUT2D eigenvalue weighted by Crippen LogP contribution is 2.35. The number of esters is 1. The monoisotopic (exact) mass is 364 g/mol. The molecule has 0 unspecified atom stereocenters. The Morgan fingerprint density at radius 3 is 2.50 bits per heavy atom. The summed E-state index contributed by atoms with van der Waals surface area (Å²) >= 11 is 0. The number of carbonyl (C=O) groups excluding carboxylic acids is 1. The van der Waals surface area contributed by atoms with Crippen LogP contribution in [0.4, 0.5) is 18.9 Å². The quantitative estimate of drug-likeness (QED) is 0.813. The standard InChI is InChI=1S/C18H15F3N2O3/c1-25-16-6-4-12(7-13(16)17(24)26-2)10-23-15-8-11(9-22)3-5-14(15)18(19,20)21/h3-8,23H,10H2,1-2H3. The van der Waals surface area contributed by atoms with Crippen molar-refractivity contribution in [3.8, 4) is 11.8 Å². The average Bonchev–Trinajstić information content (AvgIpc) is 2.64. The molecule has 0 heterocycles. The third-order valence-corrected chi connectivity index (χ3v) is 3.61. The van der Waals surface area contributed by atoms with Crippen LogP contribution in [-0.4, -0.2) is 20.2 Å². The molecule has 0 radical (unpaired) electrons. The van der Waals surface area contributed by atoms with Gasteiger partial charge in [-0.2, -0.15) is 18.4 Å². The molecule has 0 aromatic heterocycles. The summed E-state index contributed by atoms with van der Waals surface area (Å²) in [6, 6.07) is 9.51. The molecule has 2 aromatic rings. The van der Waals surface area contributed by atoms with E-state index in [1.165, 1.54) is 26.4 Å². The largest absolute Gasteiger partial charge is 0.496 e. The van der Waals surface area contributed by atoms with Gasteiger partial charge in [-0.25, -0.2) is 4.79 Å². The Bertz CT molecular complexity index is 858. The molecule has 0 saturated heterocycles. The van der Waals surface area contributed by atoms with Gasteiger partial charge in [-0.05, 0) is 35.9 Å². The van der Waals surface area contributed by atoms with Crippen LogP contribution in [0, 0.1) is 11.3 Å². The van der Waals surface area contributed by atoms with Crippen molar-refractivity contribution in [2.24, 2.45) is 0 Å². The van der Waals surface area contributed by atoms with Gasteiger partial charge >= 0.3 is 12.1 Å². The summed E-state index contributed by atoms with van der Waals surface area (Å²) in [6.07, 6.45) is -4.56. The molecule has 0 aliphatic heterocycles. The van der Waals surface area contributed by atoms with Gasteiger partial charge in [0.25, 0.3) is 0 Å². The minimum absolute atomic E-state index is 0.00590. The third kappa shape index (κ3) is 4.25. The summed E-state index contributed by atoms with van der Waals surface area (Å²) in [6.45, 7) is 0.00590. The van der Waals surface area contributed by atoms with Crippen molar-refractivity contribution in [1.29, 1.82) is 5.26 Å². The van der Waals surface area contributed by atoms with E-state index in [0.717, 1.165) is 18.2 Å². The zero-order chi connectivity index (χ0) is 19.3. The van der Waals surface area contributed by atoms with Gasteiger partial charge in [-0.1, -0.05) is 6.07 Å². The van der Waals surface area contributed by atoms with Crippen LogP contribution in [0.2, 0.25) is 0 Å². The van der Waals surface area contributed by atoms with Crippen LogP contribution in [-0.2, 0) is 17.5 Å². The molecular formula is C18H15F3N2O3. The molecule has 2 aromatic carbocycles. The number of nitrogens with one attached hydrogen (secondary N) is 1. The van der Waals surface area contributed by atoms with Crippen molar-refractivity contribution in [3.63, 3.8) is 0 Å². The number of nitriles is 1. The summed E-state index contributed by atoms with van der Waals surface area (Å²) in [5.41, 5.74) is -0.284. The molecule has 5 nitrogen and oxygen atoms in total. The van der Waals surface area contributed by atoms with Crippen LogP contribution < -0.4 is 10.1 Å². The topological polar surface area (TPSA) is 71.3 Å². The second kappa shape index (κ2) is 7.78. The number of carbonyl (C=O) groups is 1. The van der Waals surface area contributed by atoms with Gasteiger partial charge in [0.1, 0.15) is 11.3 Å².